The van der Waals surface area contributed by atoms with E-state index < -0.39 is 22.5 Å². The molecule has 1 heterocycles. The summed E-state index contributed by atoms with van der Waals surface area (Å²) in [7, 11) is -0.822. The Balaban J connectivity index is 1.74. The second-order valence-corrected chi connectivity index (χ2v) is 8.96. The molecule has 1 fully saturated rings. The van der Waals surface area contributed by atoms with Gasteiger partial charge in [0.25, 0.3) is 0 Å². The van der Waals surface area contributed by atoms with Gasteiger partial charge >= 0.3 is 0 Å². The number of benzene rings is 2. The minimum atomic E-state index is -3.74. The molecular formula is C21H25N3O6S. The fraction of sp³-hybridized carbons (Fsp3) is 0.333. The number of methoxy groups -OCH3 is 2. The third-order valence-electron chi connectivity index (χ3n) is 4.88. The molecule has 166 valence electrons. The summed E-state index contributed by atoms with van der Waals surface area (Å²) in [5, 5.41) is 2.69. The summed E-state index contributed by atoms with van der Waals surface area (Å²) in [4.78, 5) is 26.1. The van der Waals surface area contributed by atoms with Crippen LogP contribution in [0.5, 0.6) is 11.5 Å². The van der Waals surface area contributed by atoms with Crippen molar-refractivity contribution < 1.29 is 27.5 Å². The lowest BCUT2D eigenvalue weighted by atomic mass is 10.2. The minimum Gasteiger partial charge on any atom is -0.493 e. The van der Waals surface area contributed by atoms with Gasteiger partial charge < -0.3 is 19.7 Å². The first kappa shape index (κ1) is 22.4. The maximum absolute atomic E-state index is 12.6. The molecule has 0 unspecified atom stereocenters. The van der Waals surface area contributed by atoms with Gasteiger partial charge in [0.05, 0.1) is 26.2 Å². The predicted molar refractivity (Wildman–Crippen MR) is 118 cm³/mol. The summed E-state index contributed by atoms with van der Waals surface area (Å²) in [6.45, 7) is 0.264. The zero-order chi connectivity index (χ0) is 22.6. The number of nitrogens with zero attached hydrogens (tertiary/aromatic N) is 2. The van der Waals surface area contributed by atoms with Crippen LogP contribution < -0.4 is 24.0 Å². The van der Waals surface area contributed by atoms with Crippen LogP contribution >= 0.6 is 0 Å². The van der Waals surface area contributed by atoms with Crippen molar-refractivity contribution >= 4 is 38.9 Å². The number of carbonyl (C=O) groups excluding carboxylic acids is 2. The predicted octanol–water partition coefficient (Wildman–Crippen LogP) is 2.24. The molecule has 0 atom stereocenters. The molecule has 0 bridgehead atoms. The molecule has 1 N–H and O–H groups in total. The summed E-state index contributed by atoms with van der Waals surface area (Å²) in [6, 6.07) is 11.5. The first-order valence-electron chi connectivity index (χ1n) is 9.63. The van der Waals surface area contributed by atoms with E-state index in [0.717, 1.165) is 22.7 Å². The van der Waals surface area contributed by atoms with Crippen LogP contribution in [0, 0.1) is 0 Å². The number of anilines is 3. The molecule has 0 spiro atoms. The molecule has 9 nitrogen and oxygen atoms in total. The van der Waals surface area contributed by atoms with Crippen LogP contribution in [0.2, 0.25) is 0 Å². The molecule has 0 aromatic heterocycles. The second kappa shape index (κ2) is 9.25. The maximum atomic E-state index is 12.6. The van der Waals surface area contributed by atoms with Crippen LogP contribution in [0.25, 0.3) is 0 Å². The number of rotatable bonds is 8. The van der Waals surface area contributed by atoms with Crippen molar-refractivity contribution in [1.29, 1.82) is 0 Å². The van der Waals surface area contributed by atoms with E-state index in [1.54, 1.807) is 35.2 Å². The molecule has 10 heteroatoms. The normalized spacial score (nSPS) is 13.8. The van der Waals surface area contributed by atoms with Gasteiger partial charge in [-0.25, -0.2) is 8.42 Å². The molecule has 0 saturated carbocycles. The van der Waals surface area contributed by atoms with Crippen LogP contribution in [-0.4, -0.2) is 53.8 Å². The van der Waals surface area contributed by atoms with Gasteiger partial charge in [0.2, 0.25) is 21.8 Å². The lowest BCUT2D eigenvalue weighted by molar-refractivity contribution is -0.117. The largest absolute Gasteiger partial charge is 0.493 e. The molecule has 1 aliphatic heterocycles. The monoisotopic (exact) mass is 447 g/mol. The summed E-state index contributed by atoms with van der Waals surface area (Å²) in [5.74, 6) is 0.363. The number of ether oxygens (including phenoxy) is 2. The Morgan fingerprint density at radius 2 is 1.77 bits per heavy atom. The van der Waals surface area contributed by atoms with Gasteiger partial charge in [0, 0.05) is 30.4 Å². The summed E-state index contributed by atoms with van der Waals surface area (Å²) < 4.78 is 36.1. The van der Waals surface area contributed by atoms with Crippen LogP contribution in [-0.2, 0) is 19.6 Å². The fourth-order valence-corrected chi connectivity index (χ4v) is 4.21. The topological polar surface area (TPSA) is 105 Å². The van der Waals surface area contributed by atoms with E-state index in [0.29, 0.717) is 30.2 Å². The Bertz CT molecular complexity index is 1070. The van der Waals surface area contributed by atoms with Gasteiger partial charge in [0.15, 0.2) is 11.5 Å². The maximum Gasteiger partial charge on any atom is 0.245 e. The lowest BCUT2D eigenvalue weighted by Gasteiger charge is -2.23. The van der Waals surface area contributed by atoms with Crippen molar-refractivity contribution in [3.8, 4) is 11.5 Å². The molecule has 3 rings (SSSR count). The Labute approximate surface area is 181 Å². The molecule has 2 aromatic carbocycles. The minimum absolute atomic E-state index is 0.0792. The SMILES string of the molecule is COc1ccc(N(CC(=O)Nc2ccc(N3CCCC3=O)cc2)S(C)(=O)=O)cc1OC. The molecule has 0 radical (unpaired) electrons. The zero-order valence-corrected chi connectivity index (χ0v) is 18.4. The van der Waals surface area contributed by atoms with E-state index in [-0.39, 0.29) is 11.6 Å². The summed E-state index contributed by atoms with van der Waals surface area (Å²) in [5.41, 5.74) is 1.54. The van der Waals surface area contributed by atoms with Gasteiger partial charge in [-0.1, -0.05) is 0 Å². The first-order chi connectivity index (χ1) is 14.7. The molecule has 31 heavy (non-hydrogen) atoms. The highest BCUT2D eigenvalue weighted by Crippen LogP contribution is 2.32. The van der Waals surface area contributed by atoms with E-state index >= 15 is 0 Å². The Morgan fingerprint density at radius 3 is 2.32 bits per heavy atom. The smallest absolute Gasteiger partial charge is 0.245 e. The Morgan fingerprint density at radius 1 is 1.10 bits per heavy atom. The van der Waals surface area contributed by atoms with Crippen molar-refractivity contribution in [1.82, 2.24) is 0 Å². The third-order valence-corrected chi connectivity index (χ3v) is 6.02. The van der Waals surface area contributed by atoms with Crippen molar-refractivity contribution in [3.05, 3.63) is 42.5 Å². The first-order valence-corrected chi connectivity index (χ1v) is 11.5. The van der Waals surface area contributed by atoms with Gasteiger partial charge in [-0.05, 0) is 42.8 Å². The van der Waals surface area contributed by atoms with E-state index in [9.17, 15) is 18.0 Å². The zero-order valence-electron chi connectivity index (χ0n) is 17.6. The van der Waals surface area contributed by atoms with Crippen molar-refractivity contribution in [3.63, 3.8) is 0 Å². The third kappa shape index (κ3) is 5.26. The molecular weight excluding hydrogens is 422 g/mol. The number of nitrogens with one attached hydrogen (secondary N) is 1. The molecule has 1 aliphatic rings. The van der Waals surface area contributed by atoms with E-state index in [1.807, 2.05) is 0 Å². The van der Waals surface area contributed by atoms with Crippen LogP contribution in [0.3, 0.4) is 0 Å². The number of hydrogen-bond donors (Lipinski definition) is 1. The standard InChI is InChI=1S/C21H25N3O6S/c1-29-18-11-10-17(13-19(18)30-2)24(31(3,27)28)14-20(25)22-15-6-8-16(9-7-15)23-12-4-5-21(23)26/h6-11,13H,4-5,12,14H2,1-3H3,(H,22,25). The van der Waals surface area contributed by atoms with Crippen molar-refractivity contribution in [2.24, 2.45) is 0 Å². The summed E-state index contributed by atoms with van der Waals surface area (Å²) in [6.07, 6.45) is 2.39. The van der Waals surface area contributed by atoms with Crippen LogP contribution in [0.1, 0.15) is 12.8 Å². The molecule has 0 aliphatic carbocycles. The number of amides is 2. The van der Waals surface area contributed by atoms with E-state index in [1.165, 1.54) is 26.4 Å². The van der Waals surface area contributed by atoms with Crippen LogP contribution in [0.4, 0.5) is 17.1 Å². The Kier molecular flexibility index (Phi) is 6.69. The second-order valence-electron chi connectivity index (χ2n) is 7.05. The Hall–Kier alpha value is -3.27. The molecule has 2 aromatic rings. The lowest BCUT2D eigenvalue weighted by Crippen LogP contribution is -2.37. The van der Waals surface area contributed by atoms with Crippen LogP contribution in [0.15, 0.2) is 42.5 Å². The van der Waals surface area contributed by atoms with Gasteiger partial charge in [0.1, 0.15) is 6.54 Å². The van der Waals surface area contributed by atoms with Crippen molar-refractivity contribution in [2.75, 3.05) is 48.1 Å². The average molecular weight is 448 g/mol. The number of hydrogen-bond acceptors (Lipinski definition) is 6. The summed E-state index contributed by atoms with van der Waals surface area (Å²) >= 11 is 0. The highest BCUT2D eigenvalue weighted by atomic mass is 32.2. The average Bonchev–Trinajstić information content (AvgIpc) is 3.17. The van der Waals surface area contributed by atoms with Gasteiger partial charge in [-0.15, -0.1) is 0 Å². The quantitative estimate of drug-likeness (QED) is 0.665. The van der Waals surface area contributed by atoms with Crippen molar-refractivity contribution in [2.45, 2.75) is 12.8 Å². The fourth-order valence-electron chi connectivity index (χ4n) is 3.36. The highest BCUT2D eigenvalue weighted by molar-refractivity contribution is 7.92. The van der Waals surface area contributed by atoms with E-state index in [4.69, 9.17) is 9.47 Å². The van der Waals surface area contributed by atoms with Gasteiger partial charge in [-0.2, -0.15) is 0 Å². The molecule has 2 amide bonds. The van der Waals surface area contributed by atoms with Gasteiger partial charge in [-0.3, -0.25) is 13.9 Å². The highest BCUT2D eigenvalue weighted by Gasteiger charge is 2.23. The molecule has 1 saturated heterocycles. The number of carbonyl (C=O) groups is 2. The van der Waals surface area contributed by atoms with E-state index in [2.05, 4.69) is 5.32 Å². The number of sulfonamides is 1.